The lowest BCUT2D eigenvalue weighted by atomic mass is 9.99. The SMILES string of the molecule is C#Cc1cccc(CC(=O)N2CCC3(C2)NC(=O)N(c2ccccc2)C3=O)c1. The number of nitrogens with zero attached hydrogens (tertiary/aromatic N) is 2. The van der Waals surface area contributed by atoms with Gasteiger partial charge in [-0.2, -0.15) is 0 Å². The van der Waals surface area contributed by atoms with Crippen molar-refractivity contribution in [3.63, 3.8) is 0 Å². The van der Waals surface area contributed by atoms with E-state index in [1.165, 1.54) is 0 Å². The summed E-state index contributed by atoms with van der Waals surface area (Å²) in [6.45, 7) is 0.594. The molecule has 0 aromatic heterocycles. The topological polar surface area (TPSA) is 69.7 Å². The molecule has 6 nitrogen and oxygen atoms in total. The molecule has 140 valence electrons. The van der Waals surface area contributed by atoms with Crippen molar-refractivity contribution in [2.75, 3.05) is 18.0 Å². The Morgan fingerprint density at radius 1 is 1.14 bits per heavy atom. The molecule has 4 rings (SSSR count). The molecule has 1 unspecified atom stereocenters. The van der Waals surface area contributed by atoms with Crippen molar-refractivity contribution in [3.8, 4) is 12.3 Å². The Balaban J connectivity index is 1.49. The van der Waals surface area contributed by atoms with Crippen LogP contribution < -0.4 is 10.2 Å². The smallest absolute Gasteiger partial charge is 0.329 e. The van der Waals surface area contributed by atoms with Gasteiger partial charge in [-0.3, -0.25) is 9.59 Å². The first-order valence-corrected chi connectivity index (χ1v) is 9.07. The second-order valence-corrected chi connectivity index (χ2v) is 7.08. The molecule has 2 fully saturated rings. The number of para-hydroxylation sites is 1. The molecule has 0 bridgehead atoms. The van der Waals surface area contributed by atoms with Crippen LogP contribution in [0.3, 0.4) is 0 Å². The number of benzene rings is 2. The molecule has 0 radical (unpaired) electrons. The highest BCUT2D eigenvalue weighted by Crippen LogP contribution is 2.32. The van der Waals surface area contributed by atoms with Crippen LogP contribution >= 0.6 is 0 Å². The zero-order valence-corrected chi connectivity index (χ0v) is 15.2. The number of urea groups is 1. The van der Waals surface area contributed by atoms with E-state index in [-0.39, 0.29) is 24.8 Å². The van der Waals surface area contributed by atoms with Gasteiger partial charge < -0.3 is 10.2 Å². The molecule has 1 spiro atoms. The fraction of sp³-hybridized carbons (Fsp3) is 0.227. The maximum atomic E-state index is 13.0. The summed E-state index contributed by atoms with van der Waals surface area (Å²) in [5.41, 5.74) is 1.02. The van der Waals surface area contributed by atoms with Crippen LogP contribution in [0.5, 0.6) is 0 Å². The summed E-state index contributed by atoms with van der Waals surface area (Å²) in [7, 11) is 0. The quantitative estimate of drug-likeness (QED) is 0.660. The van der Waals surface area contributed by atoms with Crippen LogP contribution in [0, 0.1) is 12.3 Å². The van der Waals surface area contributed by atoms with Gasteiger partial charge in [0.2, 0.25) is 5.91 Å². The molecule has 0 saturated carbocycles. The molecule has 2 heterocycles. The first-order valence-electron chi connectivity index (χ1n) is 9.07. The van der Waals surface area contributed by atoms with Crippen molar-refractivity contribution in [2.45, 2.75) is 18.4 Å². The molecule has 1 atom stereocenters. The minimum atomic E-state index is -1.05. The van der Waals surface area contributed by atoms with E-state index in [4.69, 9.17) is 6.42 Å². The van der Waals surface area contributed by atoms with E-state index in [0.717, 1.165) is 16.0 Å². The standard InChI is InChI=1S/C22H19N3O3/c1-2-16-7-6-8-17(13-16)14-19(26)24-12-11-22(15-24)20(27)25(21(28)23-22)18-9-4-3-5-10-18/h1,3-10,13H,11-12,14-15H2,(H,23,28). The van der Waals surface area contributed by atoms with Crippen LogP contribution in [0.4, 0.5) is 10.5 Å². The highest BCUT2D eigenvalue weighted by atomic mass is 16.2. The Morgan fingerprint density at radius 3 is 2.68 bits per heavy atom. The lowest BCUT2D eigenvalue weighted by Gasteiger charge is -2.22. The van der Waals surface area contributed by atoms with Crippen molar-refractivity contribution in [1.82, 2.24) is 10.2 Å². The third-order valence-corrected chi connectivity index (χ3v) is 5.25. The fourth-order valence-corrected chi connectivity index (χ4v) is 3.79. The Kier molecular flexibility index (Phi) is 4.36. The number of amides is 4. The van der Waals surface area contributed by atoms with Gasteiger partial charge in [0, 0.05) is 12.1 Å². The van der Waals surface area contributed by atoms with E-state index in [1.54, 1.807) is 29.2 Å². The van der Waals surface area contributed by atoms with E-state index in [2.05, 4.69) is 11.2 Å². The molecule has 2 saturated heterocycles. The Morgan fingerprint density at radius 2 is 1.93 bits per heavy atom. The van der Waals surface area contributed by atoms with Gasteiger partial charge in [0.1, 0.15) is 5.54 Å². The highest BCUT2D eigenvalue weighted by molar-refractivity contribution is 6.23. The molecular weight excluding hydrogens is 354 g/mol. The van der Waals surface area contributed by atoms with Crippen molar-refractivity contribution in [3.05, 3.63) is 65.7 Å². The molecule has 0 aliphatic carbocycles. The van der Waals surface area contributed by atoms with Gasteiger partial charge in [-0.05, 0) is 36.2 Å². The molecular formula is C22H19N3O3. The van der Waals surface area contributed by atoms with Gasteiger partial charge in [-0.25, -0.2) is 9.69 Å². The maximum Gasteiger partial charge on any atom is 0.329 e. The van der Waals surface area contributed by atoms with Crippen molar-refractivity contribution in [2.24, 2.45) is 0 Å². The predicted molar refractivity (Wildman–Crippen MR) is 104 cm³/mol. The Hall–Kier alpha value is -3.59. The minimum absolute atomic E-state index is 0.0914. The third-order valence-electron chi connectivity index (χ3n) is 5.25. The number of imide groups is 1. The molecule has 2 aliphatic heterocycles. The van der Waals surface area contributed by atoms with E-state index >= 15 is 0 Å². The number of likely N-dealkylation sites (tertiary alicyclic amines) is 1. The third kappa shape index (κ3) is 3.01. The van der Waals surface area contributed by atoms with Crippen LogP contribution in [-0.2, 0) is 16.0 Å². The number of carbonyl (C=O) groups is 3. The summed E-state index contributed by atoms with van der Waals surface area (Å²) in [6, 6.07) is 15.6. The molecule has 1 N–H and O–H groups in total. The van der Waals surface area contributed by atoms with Crippen LogP contribution in [0.2, 0.25) is 0 Å². The number of nitrogens with one attached hydrogen (secondary N) is 1. The van der Waals surface area contributed by atoms with Gasteiger partial charge in [0.05, 0.1) is 18.7 Å². The maximum absolute atomic E-state index is 13.0. The number of anilines is 1. The average Bonchev–Trinajstić information content (AvgIpc) is 3.24. The van der Waals surface area contributed by atoms with Crippen molar-refractivity contribution in [1.29, 1.82) is 0 Å². The lowest BCUT2D eigenvalue weighted by molar-refractivity contribution is -0.130. The second-order valence-electron chi connectivity index (χ2n) is 7.08. The average molecular weight is 373 g/mol. The second kappa shape index (κ2) is 6.86. The largest absolute Gasteiger partial charge is 0.339 e. The summed E-state index contributed by atoms with van der Waals surface area (Å²) >= 11 is 0. The first-order chi connectivity index (χ1) is 13.5. The molecule has 2 aromatic rings. The summed E-state index contributed by atoms with van der Waals surface area (Å²) in [5, 5.41) is 2.81. The fourth-order valence-electron chi connectivity index (χ4n) is 3.79. The van der Waals surface area contributed by atoms with Crippen LogP contribution in [0.25, 0.3) is 0 Å². The Labute approximate surface area is 163 Å². The van der Waals surface area contributed by atoms with Gasteiger partial charge in [-0.15, -0.1) is 6.42 Å². The van der Waals surface area contributed by atoms with E-state index in [0.29, 0.717) is 18.7 Å². The molecule has 2 aromatic carbocycles. The highest BCUT2D eigenvalue weighted by Gasteiger charge is 2.55. The zero-order chi connectivity index (χ0) is 19.7. The van der Waals surface area contributed by atoms with Crippen LogP contribution in [0.1, 0.15) is 17.5 Å². The number of carbonyl (C=O) groups excluding carboxylic acids is 3. The van der Waals surface area contributed by atoms with Crippen molar-refractivity contribution < 1.29 is 14.4 Å². The summed E-state index contributed by atoms with van der Waals surface area (Å²) in [6.07, 6.45) is 6.02. The van der Waals surface area contributed by atoms with E-state index in [9.17, 15) is 14.4 Å². The van der Waals surface area contributed by atoms with Gasteiger partial charge in [0.15, 0.2) is 0 Å². The molecule has 6 heteroatoms. The summed E-state index contributed by atoms with van der Waals surface area (Å²) in [4.78, 5) is 41.0. The lowest BCUT2D eigenvalue weighted by Crippen LogP contribution is -2.50. The molecule has 4 amide bonds. The minimum Gasteiger partial charge on any atom is -0.339 e. The number of hydrogen-bond acceptors (Lipinski definition) is 3. The predicted octanol–water partition coefficient (Wildman–Crippen LogP) is 1.94. The number of hydrogen-bond donors (Lipinski definition) is 1. The van der Waals surface area contributed by atoms with Crippen LogP contribution in [-0.4, -0.2) is 41.4 Å². The van der Waals surface area contributed by atoms with E-state index in [1.807, 2.05) is 30.3 Å². The zero-order valence-electron chi connectivity index (χ0n) is 15.2. The Bertz CT molecular complexity index is 996. The van der Waals surface area contributed by atoms with Crippen molar-refractivity contribution >= 4 is 23.5 Å². The number of terminal acetylenes is 1. The van der Waals surface area contributed by atoms with E-state index < -0.39 is 11.6 Å². The number of rotatable bonds is 3. The first kappa shape index (κ1) is 17.8. The summed E-state index contributed by atoms with van der Waals surface area (Å²) < 4.78 is 0. The van der Waals surface area contributed by atoms with Gasteiger partial charge in [-0.1, -0.05) is 36.3 Å². The van der Waals surface area contributed by atoms with Gasteiger partial charge in [0.25, 0.3) is 5.91 Å². The normalized spacial score (nSPS) is 21.1. The molecule has 2 aliphatic rings. The monoisotopic (exact) mass is 373 g/mol. The summed E-state index contributed by atoms with van der Waals surface area (Å²) in [5.74, 6) is 2.16. The molecule has 28 heavy (non-hydrogen) atoms. The van der Waals surface area contributed by atoms with Gasteiger partial charge >= 0.3 is 6.03 Å². The van der Waals surface area contributed by atoms with Crippen LogP contribution in [0.15, 0.2) is 54.6 Å².